The lowest BCUT2D eigenvalue weighted by Gasteiger charge is -2.15. The second-order valence-electron chi connectivity index (χ2n) is 7.24. The summed E-state index contributed by atoms with van der Waals surface area (Å²) in [6, 6.07) is 15.1. The molecule has 3 rings (SSSR count). The zero-order valence-electron chi connectivity index (χ0n) is 17.4. The fourth-order valence-electron chi connectivity index (χ4n) is 2.96. The molecule has 0 bridgehead atoms. The predicted molar refractivity (Wildman–Crippen MR) is 117 cm³/mol. The van der Waals surface area contributed by atoms with Gasteiger partial charge in [-0.3, -0.25) is 14.4 Å². The summed E-state index contributed by atoms with van der Waals surface area (Å²) in [5, 5.41) is 9.99. The Balaban J connectivity index is 1.89. The maximum atomic E-state index is 12.7. The lowest BCUT2D eigenvalue weighted by atomic mass is 10.1. The van der Waals surface area contributed by atoms with E-state index in [1.165, 1.54) is 13.0 Å². The third-order valence-corrected chi connectivity index (χ3v) is 4.73. The molecule has 1 aromatic heterocycles. The molecule has 0 aliphatic heterocycles. The lowest BCUT2D eigenvalue weighted by Crippen LogP contribution is -2.33. The first-order valence-electron chi connectivity index (χ1n) is 9.60. The van der Waals surface area contributed by atoms with Gasteiger partial charge in [-0.2, -0.15) is 5.10 Å². The minimum atomic E-state index is -0.806. The van der Waals surface area contributed by atoms with Crippen molar-refractivity contribution in [2.75, 3.05) is 10.6 Å². The molecule has 0 aliphatic carbocycles. The highest BCUT2D eigenvalue weighted by atomic mass is 16.2. The topological polar surface area (TPSA) is 93.1 Å². The van der Waals surface area contributed by atoms with Crippen LogP contribution in [0.3, 0.4) is 0 Å². The number of nitrogens with one attached hydrogen (secondary N) is 2. The highest BCUT2D eigenvalue weighted by Crippen LogP contribution is 2.24. The zero-order chi connectivity index (χ0) is 21.8. The average molecular weight is 404 g/mol. The number of hydrogen-bond acceptors (Lipinski definition) is 4. The van der Waals surface area contributed by atoms with Crippen LogP contribution < -0.4 is 16.2 Å². The number of carbonyl (C=O) groups is 2. The minimum Gasteiger partial charge on any atom is -0.326 e. The van der Waals surface area contributed by atoms with Gasteiger partial charge in [0.15, 0.2) is 0 Å². The number of anilines is 2. The van der Waals surface area contributed by atoms with Crippen LogP contribution in [0.15, 0.2) is 59.4 Å². The van der Waals surface area contributed by atoms with Gasteiger partial charge in [0, 0.05) is 29.9 Å². The van der Waals surface area contributed by atoms with E-state index in [0.29, 0.717) is 17.1 Å². The van der Waals surface area contributed by atoms with Crippen molar-refractivity contribution in [2.45, 2.75) is 33.7 Å². The first-order chi connectivity index (χ1) is 14.2. The first-order valence-corrected chi connectivity index (χ1v) is 9.60. The Bertz CT molecular complexity index is 1150. The van der Waals surface area contributed by atoms with Gasteiger partial charge in [-0.15, -0.1) is 0 Å². The fraction of sp³-hybridized carbons (Fsp3) is 0.217. The third kappa shape index (κ3) is 4.81. The molecule has 7 nitrogen and oxygen atoms in total. The number of aromatic nitrogens is 2. The Morgan fingerprint density at radius 1 is 0.967 bits per heavy atom. The molecule has 2 amide bonds. The van der Waals surface area contributed by atoms with Crippen LogP contribution in [0.4, 0.5) is 11.4 Å². The molecule has 0 fully saturated rings. The maximum absolute atomic E-state index is 12.7. The number of amides is 2. The van der Waals surface area contributed by atoms with E-state index >= 15 is 0 Å². The largest absolute Gasteiger partial charge is 0.326 e. The number of aryl methyl sites for hydroxylation is 2. The van der Waals surface area contributed by atoms with E-state index in [2.05, 4.69) is 15.7 Å². The zero-order valence-corrected chi connectivity index (χ0v) is 17.4. The number of rotatable bonds is 5. The van der Waals surface area contributed by atoms with Gasteiger partial charge in [0.1, 0.15) is 6.04 Å². The van der Waals surface area contributed by atoms with Gasteiger partial charge < -0.3 is 10.6 Å². The van der Waals surface area contributed by atoms with E-state index in [9.17, 15) is 14.4 Å². The molecule has 7 heteroatoms. The van der Waals surface area contributed by atoms with Crippen LogP contribution >= 0.6 is 0 Å². The van der Waals surface area contributed by atoms with Crippen LogP contribution in [0.5, 0.6) is 0 Å². The summed E-state index contributed by atoms with van der Waals surface area (Å²) in [4.78, 5) is 36.5. The van der Waals surface area contributed by atoms with E-state index < -0.39 is 6.04 Å². The summed E-state index contributed by atoms with van der Waals surface area (Å²) in [6.45, 7) is 6.92. The van der Waals surface area contributed by atoms with E-state index in [-0.39, 0.29) is 17.4 Å². The molecule has 0 unspecified atom stereocenters. The van der Waals surface area contributed by atoms with Gasteiger partial charge in [-0.25, -0.2) is 4.68 Å². The molecule has 2 N–H and O–H groups in total. The molecular weight excluding hydrogens is 380 g/mol. The van der Waals surface area contributed by atoms with E-state index in [1.54, 1.807) is 19.1 Å². The molecular formula is C23H24N4O3. The molecule has 0 radical (unpaired) electrons. The second-order valence-corrected chi connectivity index (χ2v) is 7.24. The number of benzene rings is 2. The smallest absolute Gasteiger partial charge is 0.267 e. The van der Waals surface area contributed by atoms with Gasteiger partial charge in [0.05, 0.1) is 5.69 Å². The standard InChI is InChI=1S/C23H24N4O3/c1-14-5-9-19(10-6-14)25-23(30)16(3)27-22(29)12-11-20(26-27)18-8-7-15(2)21(13-18)24-17(4)28/h5-13,16H,1-4H3,(H,24,28)(H,25,30)/t16-/m0/s1. The van der Waals surface area contributed by atoms with Crippen LogP contribution in [0, 0.1) is 13.8 Å². The number of hydrogen-bond donors (Lipinski definition) is 2. The summed E-state index contributed by atoms with van der Waals surface area (Å²) in [5.74, 6) is -0.511. The molecule has 30 heavy (non-hydrogen) atoms. The van der Waals surface area contributed by atoms with E-state index in [0.717, 1.165) is 21.4 Å². The van der Waals surface area contributed by atoms with Gasteiger partial charge in [-0.05, 0) is 50.6 Å². The highest BCUT2D eigenvalue weighted by Gasteiger charge is 2.18. The highest BCUT2D eigenvalue weighted by molar-refractivity contribution is 5.93. The van der Waals surface area contributed by atoms with Crippen molar-refractivity contribution in [1.29, 1.82) is 0 Å². The quantitative estimate of drug-likeness (QED) is 0.678. The van der Waals surface area contributed by atoms with Gasteiger partial charge in [0.25, 0.3) is 5.56 Å². The van der Waals surface area contributed by atoms with Crippen LogP contribution in [0.2, 0.25) is 0 Å². The Morgan fingerprint density at radius 2 is 1.67 bits per heavy atom. The minimum absolute atomic E-state index is 0.172. The van der Waals surface area contributed by atoms with Crippen LogP contribution in [0.1, 0.15) is 31.0 Å². The Labute approximate surface area is 174 Å². The van der Waals surface area contributed by atoms with Crippen molar-refractivity contribution in [3.05, 3.63) is 76.1 Å². The Morgan fingerprint density at radius 3 is 2.33 bits per heavy atom. The van der Waals surface area contributed by atoms with Gasteiger partial charge in [0.2, 0.25) is 11.8 Å². The molecule has 0 aliphatic rings. The van der Waals surface area contributed by atoms with E-state index in [1.807, 2.05) is 50.2 Å². The normalized spacial score (nSPS) is 11.6. The van der Waals surface area contributed by atoms with Crippen molar-refractivity contribution in [2.24, 2.45) is 0 Å². The predicted octanol–water partition coefficient (Wildman–Crippen LogP) is 3.69. The van der Waals surface area contributed by atoms with Crippen LogP contribution in [0.25, 0.3) is 11.3 Å². The summed E-state index contributed by atoms with van der Waals surface area (Å²) in [6.07, 6.45) is 0. The molecule has 1 atom stereocenters. The number of carbonyl (C=O) groups excluding carboxylic acids is 2. The number of nitrogens with zero attached hydrogens (tertiary/aromatic N) is 2. The van der Waals surface area contributed by atoms with E-state index in [4.69, 9.17) is 0 Å². The summed E-state index contributed by atoms with van der Waals surface area (Å²) >= 11 is 0. The van der Waals surface area contributed by atoms with Gasteiger partial charge >= 0.3 is 0 Å². The van der Waals surface area contributed by atoms with Crippen molar-refractivity contribution < 1.29 is 9.59 Å². The average Bonchev–Trinajstić information content (AvgIpc) is 2.71. The molecule has 0 saturated heterocycles. The van der Waals surface area contributed by atoms with Crippen LogP contribution in [-0.4, -0.2) is 21.6 Å². The molecule has 0 saturated carbocycles. The van der Waals surface area contributed by atoms with Gasteiger partial charge in [-0.1, -0.05) is 29.8 Å². The summed E-state index contributed by atoms with van der Waals surface area (Å²) in [5.41, 5.74) is 4.20. The molecule has 154 valence electrons. The second kappa shape index (κ2) is 8.73. The maximum Gasteiger partial charge on any atom is 0.267 e. The summed E-state index contributed by atoms with van der Waals surface area (Å²) < 4.78 is 1.16. The van der Waals surface area contributed by atoms with Crippen molar-refractivity contribution in [3.8, 4) is 11.3 Å². The summed E-state index contributed by atoms with van der Waals surface area (Å²) in [7, 11) is 0. The Hall–Kier alpha value is -3.74. The fourth-order valence-corrected chi connectivity index (χ4v) is 2.96. The lowest BCUT2D eigenvalue weighted by molar-refractivity contribution is -0.119. The third-order valence-electron chi connectivity index (χ3n) is 4.73. The first kappa shape index (κ1) is 21.0. The molecule has 1 heterocycles. The Kier molecular flexibility index (Phi) is 6.11. The molecule has 2 aromatic carbocycles. The van der Waals surface area contributed by atoms with Crippen LogP contribution in [-0.2, 0) is 9.59 Å². The molecule has 3 aromatic rings. The SMILES string of the molecule is CC(=O)Nc1cc(-c2ccc(=O)n([C@@H](C)C(=O)Nc3ccc(C)cc3)n2)ccc1C. The monoisotopic (exact) mass is 404 g/mol. The van der Waals surface area contributed by atoms with Crippen molar-refractivity contribution >= 4 is 23.2 Å². The van der Waals surface area contributed by atoms with Crippen molar-refractivity contribution in [1.82, 2.24) is 9.78 Å². The van der Waals surface area contributed by atoms with Crippen molar-refractivity contribution in [3.63, 3.8) is 0 Å². The molecule has 0 spiro atoms.